The molecule has 0 aliphatic carbocycles. The van der Waals surface area contributed by atoms with Crippen molar-refractivity contribution in [3.05, 3.63) is 66.0 Å². The minimum Gasteiger partial charge on any atom is -0.338 e. The average molecular weight is 389 g/mol. The molecular weight excluding hydrogens is 366 g/mol. The van der Waals surface area contributed by atoms with E-state index in [1.807, 2.05) is 58.9 Å². The van der Waals surface area contributed by atoms with Crippen LogP contribution in [0.5, 0.6) is 0 Å². The minimum atomic E-state index is -0.186. The van der Waals surface area contributed by atoms with Crippen molar-refractivity contribution in [2.75, 3.05) is 11.9 Å². The Kier molecular flexibility index (Phi) is 5.37. The van der Waals surface area contributed by atoms with Crippen LogP contribution in [0.15, 0.2) is 54.9 Å². The molecule has 1 saturated heterocycles. The Bertz CT molecular complexity index is 1040. The van der Waals surface area contributed by atoms with Gasteiger partial charge in [0.25, 0.3) is 5.91 Å². The van der Waals surface area contributed by atoms with E-state index in [9.17, 15) is 9.59 Å². The number of nitrogens with one attached hydrogen (secondary N) is 1. The number of carbonyl (C=O) groups is 2. The van der Waals surface area contributed by atoms with E-state index in [0.29, 0.717) is 24.2 Å². The molecule has 1 aliphatic rings. The van der Waals surface area contributed by atoms with Gasteiger partial charge in [-0.15, -0.1) is 10.2 Å². The Morgan fingerprint density at radius 1 is 1.17 bits per heavy atom. The standard InChI is InChI=1S/C22H23N5O2/c1-2-26-15-23-25-21(26)17-7-4-9-19(13-17)24-22(29)18-8-3-6-16(12-18)14-27-11-5-10-20(27)28/h3-4,6-9,12-13,15H,2,5,10-11,14H2,1H3,(H,24,29). The molecule has 148 valence electrons. The van der Waals surface area contributed by atoms with E-state index < -0.39 is 0 Å². The van der Waals surface area contributed by atoms with E-state index in [4.69, 9.17) is 0 Å². The summed E-state index contributed by atoms with van der Waals surface area (Å²) in [7, 11) is 0. The third kappa shape index (κ3) is 4.18. The molecule has 7 heteroatoms. The van der Waals surface area contributed by atoms with Gasteiger partial charge in [0.15, 0.2) is 5.82 Å². The van der Waals surface area contributed by atoms with E-state index in [0.717, 1.165) is 36.5 Å². The maximum absolute atomic E-state index is 12.8. The molecule has 0 radical (unpaired) electrons. The zero-order valence-corrected chi connectivity index (χ0v) is 16.3. The average Bonchev–Trinajstić information content (AvgIpc) is 3.37. The number of amides is 2. The van der Waals surface area contributed by atoms with Crippen molar-refractivity contribution in [3.63, 3.8) is 0 Å². The predicted molar refractivity (Wildman–Crippen MR) is 110 cm³/mol. The molecule has 0 atom stereocenters. The molecule has 2 aromatic carbocycles. The molecule has 29 heavy (non-hydrogen) atoms. The van der Waals surface area contributed by atoms with Gasteiger partial charge in [0.1, 0.15) is 6.33 Å². The quantitative estimate of drug-likeness (QED) is 0.701. The van der Waals surface area contributed by atoms with Crippen LogP contribution in [-0.2, 0) is 17.9 Å². The Morgan fingerprint density at radius 3 is 2.83 bits per heavy atom. The van der Waals surface area contributed by atoms with Crippen LogP contribution in [0.3, 0.4) is 0 Å². The van der Waals surface area contributed by atoms with Gasteiger partial charge in [-0.25, -0.2) is 0 Å². The zero-order valence-electron chi connectivity index (χ0n) is 16.3. The SMILES string of the molecule is CCn1cnnc1-c1cccc(NC(=O)c2cccc(CN3CCCC3=O)c2)c1. The predicted octanol–water partition coefficient (Wildman–Crippen LogP) is 3.34. The van der Waals surface area contributed by atoms with Gasteiger partial charge in [0.2, 0.25) is 5.91 Å². The minimum absolute atomic E-state index is 0.177. The van der Waals surface area contributed by atoms with Crippen LogP contribution in [0.1, 0.15) is 35.7 Å². The van der Waals surface area contributed by atoms with Gasteiger partial charge in [-0.1, -0.05) is 24.3 Å². The second-order valence-electron chi connectivity index (χ2n) is 7.09. The van der Waals surface area contributed by atoms with E-state index >= 15 is 0 Å². The molecule has 0 spiro atoms. The molecule has 1 aliphatic heterocycles. The lowest BCUT2D eigenvalue weighted by molar-refractivity contribution is -0.128. The lowest BCUT2D eigenvalue weighted by Crippen LogP contribution is -2.24. The maximum atomic E-state index is 12.8. The number of benzene rings is 2. The molecule has 0 bridgehead atoms. The third-order valence-electron chi connectivity index (χ3n) is 5.07. The second kappa shape index (κ2) is 8.26. The van der Waals surface area contributed by atoms with Gasteiger partial charge in [-0.2, -0.15) is 0 Å². The van der Waals surface area contributed by atoms with Gasteiger partial charge in [0.05, 0.1) is 0 Å². The summed E-state index contributed by atoms with van der Waals surface area (Å²) >= 11 is 0. The molecule has 3 aromatic rings. The molecule has 2 amide bonds. The molecule has 1 fully saturated rings. The fraction of sp³-hybridized carbons (Fsp3) is 0.273. The van der Waals surface area contributed by atoms with Crippen LogP contribution in [0.25, 0.3) is 11.4 Å². The van der Waals surface area contributed by atoms with Crippen molar-refractivity contribution < 1.29 is 9.59 Å². The number of nitrogens with zero attached hydrogens (tertiary/aromatic N) is 4. The van der Waals surface area contributed by atoms with Crippen molar-refractivity contribution in [1.82, 2.24) is 19.7 Å². The van der Waals surface area contributed by atoms with Gasteiger partial charge >= 0.3 is 0 Å². The lowest BCUT2D eigenvalue weighted by Gasteiger charge is -2.16. The van der Waals surface area contributed by atoms with Crippen LogP contribution in [0.4, 0.5) is 5.69 Å². The molecule has 1 aromatic heterocycles. The Morgan fingerprint density at radius 2 is 2.03 bits per heavy atom. The van der Waals surface area contributed by atoms with Crippen LogP contribution >= 0.6 is 0 Å². The third-order valence-corrected chi connectivity index (χ3v) is 5.07. The van der Waals surface area contributed by atoms with Crippen molar-refractivity contribution in [2.45, 2.75) is 32.9 Å². The van der Waals surface area contributed by atoms with Gasteiger partial charge < -0.3 is 14.8 Å². The zero-order chi connectivity index (χ0) is 20.2. The Balaban J connectivity index is 1.49. The van der Waals surface area contributed by atoms with Crippen molar-refractivity contribution in [3.8, 4) is 11.4 Å². The fourth-order valence-corrected chi connectivity index (χ4v) is 3.55. The monoisotopic (exact) mass is 389 g/mol. The number of rotatable bonds is 6. The first-order chi connectivity index (χ1) is 14.1. The number of likely N-dealkylation sites (tertiary alicyclic amines) is 1. The topological polar surface area (TPSA) is 80.1 Å². The van der Waals surface area contributed by atoms with E-state index in [1.54, 1.807) is 12.4 Å². The molecule has 4 rings (SSSR count). The number of hydrogen-bond donors (Lipinski definition) is 1. The second-order valence-corrected chi connectivity index (χ2v) is 7.09. The normalized spacial score (nSPS) is 13.7. The van der Waals surface area contributed by atoms with Crippen molar-refractivity contribution >= 4 is 17.5 Å². The largest absolute Gasteiger partial charge is 0.338 e. The lowest BCUT2D eigenvalue weighted by atomic mass is 10.1. The molecule has 0 saturated carbocycles. The maximum Gasteiger partial charge on any atom is 0.255 e. The highest BCUT2D eigenvalue weighted by atomic mass is 16.2. The summed E-state index contributed by atoms with van der Waals surface area (Å²) < 4.78 is 1.95. The number of hydrogen-bond acceptors (Lipinski definition) is 4. The highest BCUT2D eigenvalue weighted by molar-refractivity contribution is 6.04. The Hall–Kier alpha value is -3.48. The number of carbonyl (C=O) groups excluding carboxylic acids is 2. The van der Waals surface area contributed by atoms with E-state index in [-0.39, 0.29) is 11.8 Å². The van der Waals surface area contributed by atoms with Gasteiger partial charge in [-0.3, -0.25) is 9.59 Å². The summed E-state index contributed by atoms with van der Waals surface area (Å²) in [6.45, 7) is 4.12. The number of aromatic nitrogens is 3. The smallest absolute Gasteiger partial charge is 0.255 e. The first-order valence-electron chi connectivity index (χ1n) is 9.80. The number of aryl methyl sites for hydroxylation is 1. The Labute approximate surface area is 169 Å². The van der Waals surface area contributed by atoms with Gasteiger partial charge in [-0.05, 0) is 43.2 Å². The first kappa shape index (κ1) is 18.9. The van der Waals surface area contributed by atoms with E-state index in [2.05, 4.69) is 15.5 Å². The molecule has 1 N–H and O–H groups in total. The van der Waals surface area contributed by atoms with Crippen LogP contribution in [0, 0.1) is 0 Å². The summed E-state index contributed by atoms with van der Waals surface area (Å²) in [5.74, 6) is 0.756. The summed E-state index contributed by atoms with van der Waals surface area (Å²) in [4.78, 5) is 26.5. The highest BCUT2D eigenvalue weighted by Gasteiger charge is 2.20. The van der Waals surface area contributed by atoms with Gasteiger partial charge in [0, 0.05) is 42.9 Å². The summed E-state index contributed by atoms with van der Waals surface area (Å²) in [6, 6.07) is 15.0. The van der Waals surface area contributed by atoms with Crippen molar-refractivity contribution in [2.24, 2.45) is 0 Å². The number of anilines is 1. The van der Waals surface area contributed by atoms with Crippen LogP contribution in [-0.4, -0.2) is 38.0 Å². The van der Waals surface area contributed by atoms with Crippen LogP contribution in [0.2, 0.25) is 0 Å². The van der Waals surface area contributed by atoms with E-state index in [1.165, 1.54) is 0 Å². The molecular formula is C22H23N5O2. The molecule has 7 nitrogen and oxygen atoms in total. The summed E-state index contributed by atoms with van der Waals surface area (Å²) in [5.41, 5.74) is 3.11. The molecule has 0 unspecified atom stereocenters. The van der Waals surface area contributed by atoms with Crippen LogP contribution < -0.4 is 5.32 Å². The van der Waals surface area contributed by atoms with Crippen molar-refractivity contribution in [1.29, 1.82) is 0 Å². The molecule has 2 heterocycles. The summed E-state index contributed by atoms with van der Waals surface area (Å²) in [6.07, 6.45) is 3.21. The first-order valence-corrected chi connectivity index (χ1v) is 9.80. The summed E-state index contributed by atoms with van der Waals surface area (Å²) in [5, 5.41) is 11.1. The highest BCUT2D eigenvalue weighted by Crippen LogP contribution is 2.22. The fourth-order valence-electron chi connectivity index (χ4n) is 3.55.